The molecule has 1 aromatic heterocycles. The molecule has 3 heterocycles. The first kappa shape index (κ1) is 22.3. The van der Waals surface area contributed by atoms with Crippen LogP contribution in [0.15, 0.2) is 48.7 Å². The molecule has 3 fully saturated rings. The fourth-order valence-corrected chi connectivity index (χ4v) is 6.14. The van der Waals surface area contributed by atoms with E-state index in [2.05, 4.69) is 25.8 Å². The van der Waals surface area contributed by atoms with E-state index in [0.717, 1.165) is 89.3 Å². The van der Waals surface area contributed by atoms with Gasteiger partial charge in [-0.15, -0.1) is 0 Å². The number of piperidine rings is 1. The number of likely N-dealkylation sites (tertiary alicyclic amines) is 1. The summed E-state index contributed by atoms with van der Waals surface area (Å²) in [6, 6.07) is 12.8. The van der Waals surface area contributed by atoms with Gasteiger partial charge in [-0.2, -0.15) is 0 Å². The Balaban J connectivity index is 1.20. The summed E-state index contributed by atoms with van der Waals surface area (Å²) in [6.07, 6.45) is 8.03. The number of rotatable bonds is 5. The van der Waals surface area contributed by atoms with Crippen molar-refractivity contribution in [1.82, 2.24) is 14.8 Å². The number of anilines is 1. The molecule has 3 aliphatic rings. The number of hydrogen-bond donors (Lipinski definition) is 0. The van der Waals surface area contributed by atoms with Crippen LogP contribution in [0.3, 0.4) is 0 Å². The van der Waals surface area contributed by atoms with Gasteiger partial charge >= 0.3 is 0 Å². The third-order valence-electron chi connectivity index (χ3n) is 7.93. The maximum atomic E-state index is 13.9. The summed E-state index contributed by atoms with van der Waals surface area (Å²) in [5, 5.41) is 0. The zero-order valence-electron chi connectivity index (χ0n) is 19.5. The fraction of sp³-hybridized carbons (Fsp3) is 0.556. The quantitative estimate of drug-likeness (QED) is 0.688. The van der Waals surface area contributed by atoms with Crippen molar-refractivity contribution in [2.45, 2.75) is 43.9 Å². The second kappa shape index (κ2) is 9.80. The maximum absolute atomic E-state index is 13.9. The van der Waals surface area contributed by atoms with E-state index < -0.39 is 5.41 Å². The molecule has 2 aromatic rings. The zero-order valence-corrected chi connectivity index (χ0v) is 19.5. The average Bonchev–Trinajstić information content (AvgIpc) is 3.36. The van der Waals surface area contributed by atoms with E-state index in [1.165, 1.54) is 18.6 Å². The summed E-state index contributed by atoms with van der Waals surface area (Å²) in [5.74, 6) is 1.63. The van der Waals surface area contributed by atoms with E-state index in [4.69, 9.17) is 0 Å². The molecule has 5 nitrogen and oxygen atoms in total. The standard InChI is InChI=1S/C27H35FN4O/c28-24-10-8-23(9-11-24)27(12-2-3-13-27)26(33)32-15-5-6-22(21-32)20-30-16-18-31(19-17-30)25-7-1-4-14-29-25/h1,4,7-11,14,22H,2-3,5-6,12-13,15-21H2. The Hall–Kier alpha value is -2.47. The number of amides is 1. The van der Waals surface area contributed by atoms with Crippen LogP contribution >= 0.6 is 0 Å². The second-order valence-corrected chi connectivity index (χ2v) is 10.0. The van der Waals surface area contributed by atoms with Gasteiger partial charge in [-0.3, -0.25) is 9.69 Å². The van der Waals surface area contributed by atoms with Crippen molar-refractivity contribution < 1.29 is 9.18 Å². The van der Waals surface area contributed by atoms with Crippen molar-refractivity contribution in [3.05, 3.63) is 60.0 Å². The van der Waals surface area contributed by atoms with E-state index in [1.807, 2.05) is 30.5 Å². The number of halogens is 1. The van der Waals surface area contributed by atoms with Crippen LogP contribution in [0.5, 0.6) is 0 Å². The average molecular weight is 451 g/mol. The first-order chi connectivity index (χ1) is 16.1. The second-order valence-electron chi connectivity index (χ2n) is 10.0. The van der Waals surface area contributed by atoms with E-state index in [9.17, 15) is 9.18 Å². The summed E-state index contributed by atoms with van der Waals surface area (Å²) in [5.41, 5.74) is 0.545. The fourth-order valence-electron chi connectivity index (χ4n) is 6.14. The minimum atomic E-state index is -0.454. The van der Waals surface area contributed by atoms with Gasteiger partial charge in [-0.1, -0.05) is 31.0 Å². The van der Waals surface area contributed by atoms with Gasteiger partial charge in [0.25, 0.3) is 0 Å². The molecule has 176 valence electrons. The smallest absolute Gasteiger partial charge is 0.233 e. The molecule has 33 heavy (non-hydrogen) atoms. The molecule has 1 aliphatic carbocycles. The van der Waals surface area contributed by atoms with Crippen LogP contribution in [0.4, 0.5) is 10.2 Å². The number of hydrogen-bond acceptors (Lipinski definition) is 4. The van der Waals surface area contributed by atoms with Crippen molar-refractivity contribution in [3.8, 4) is 0 Å². The third-order valence-corrected chi connectivity index (χ3v) is 7.93. The Morgan fingerprint density at radius 2 is 1.73 bits per heavy atom. The van der Waals surface area contributed by atoms with Gasteiger partial charge in [0.2, 0.25) is 5.91 Å². The SMILES string of the molecule is O=C(N1CCCC(CN2CCN(c3ccccn3)CC2)C1)C1(c2ccc(F)cc2)CCCC1. The zero-order chi connectivity index (χ0) is 22.7. The lowest BCUT2D eigenvalue weighted by atomic mass is 9.77. The molecule has 5 rings (SSSR count). The summed E-state index contributed by atoms with van der Waals surface area (Å²) >= 11 is 0. The Kier molecular flexibility index (Phi) is 6.63. The van der Waals surface area contributed by atoms with Crippen LogP contribution in [-0.2, 0) is 10.2 Å². The molecule has 0 spiro atoms. The molecular formula is C27H35FN4O. The predicted octanol–water partition coefficient (Wildman–Crippen LogP) is 4.09. The highest BCUT2D eigenvalue weighted by atomic mass is 19.1. The van der Waals surface area contributed by atoms with E-state index >= 15 is 0 Å². The van der Waals surface area contributed by atoms with Gasteiger partial charge in [-0.25, -0.2) is 9.37 Å². The normalized spacial score (nSPS) is 23.6. The summed E-state index contributed by atoms with van der Waals surface area (Å²) in [4.78, 5) is 25.4. The molecule has 0 N–H and O–H groups in total. The lowest BCUT2D eigenvalue weighted by Gasteiger charge is -2.42. The number of benzene rings is 1. The Bertz CT molecular complexity index is 921. The molecule has 1 unspecified atom stereocenters. The van der Waals surface area contributed by atoms with Crippen molar-refractivity contribution in [1.29, 1.82) is 0 Å². The van der Waals surface area contributed by atoms with Crippen LogP contribution in [0.25, 0.3) is 0 Å². The summed E-state index contributed by atoms with van der Waals surface area (Å²) in [6.45, 7) is 6.85. The van der Waals surface area contributed by atoms with Gasteiger partial charge in [0.15, 0.2) is 0 Å². The van der Waals surface area contributed by atoms with Crippen LogP contribution in [0, 0.1) is 11.7 Å². The molecule has 1 amide bonds. The molecule has 2 aliphatic heterocycles. The number of aromatic nitrogens is 1. The Morgan fingerprint density at radius 3 is 2.42 bits per heavy atom. The molecule has 0 radical (unpaired) electrons. The minimum Gasteiger partial charge on any atom is -0.354 e. The first-order valence-electron chi connectivity index (χ1n) is 12.6. The Labute approximate surface area is 196 Å². The highest BCUT2D eigenvalue weighted by Gasteiger charge is 2.45. The predicted molar refractivity (Wildman–Crippen MR) is 129 cm³/mol. The van der Waals surface area contributed by atoms with Gasteiger partial charge in [0, 0.05) is 52.0 Å². The molecule has 1 saturated carbocycles. The third kappa shape index (κ3) is 4.77. The monoisotopic (exact) mass is 450 g/mol. The maximum Gasteiger partial charge on any atom is 0.233 e. The van der Waals surface area contributed by atoms with Crippen LogP contribution in [0.2, 0.25) is 0 Å². The van der Waals surface area contributed by atoms with Crippen LogP contribution in [-0.4, -0.2) is 66.5 Å². The topological polar surface area (TPSA) is 39.7 Å². The van der Waals surface area contributed by atoms with Gasteiger partial charge in [-0.05, 0) is 61.4 Å². The van der Waals surface area contributed by atoms with Gasteiger partial charge in [0.05, 0.1) is 5.41 Å². The number of pyridine rings is 1. The van der Waals surface area contributed by atoms with Crippen molar-refractivity contribution >= 4 is 11.7 Å². The van der Waals surface area contributed by atoms with Gasteiger partial charge in [0.1, 0.15) is 11.6 Å². The largest absolute Gasteiger partial charge is 0.354 e. The van der Waals surface area contributed by atoms with E-state index in [0.29, 0.717) is 5.92 Å². The summed E-state index contributed by atoms with van der Waals surface area (Å²) in [7, 11) is 0. The van der Waals surface area contributed by atoms with Crippen LogP contribution < -0.4 is 4.90 Å². The number of carbonyl (C=O) groups excluding carboxylic acids is 1. The lowest BCUT2D eigenvalue weighted by molar-refractivity contribution is -0.139. The highest BCUT2D eigenvalue weighted by molar-refractivity contribution is 5.88. The van der Waals surface area contributed by atoms with Gasteiger partial charge < -0.3 is 9.80 Å². The number of carbonyl (C=O) groups is 1. The van der Waals surface area contributed by atoms with Crippen LogP contribution in [0.1, 0.15) is 44.1 Å². The Morgan fingerprint density at radius 1 is 0.970 bits per heavy atom. The van der Waals surface area contributed by atoms with E-state index in [-0.39, 0.29) is 11.7 Å². The number of piperazine rings is 1. The summed E-state index contributed by atoms with van der Waals surface area (Å²) < 4.78 is 13.5. The molecular weight excluding hydrogens is 415 g/mol. The highest BCUT2D eigenvalue weighted by Crippen LogP contribution is 2.43. The van der Waals surface area contributed by atoms with Crippen molar-refractivity contribution in [3.63, 3.8) is 0 Å². The molecule has 2 saturated heterocycles. The molecule has 0 bridgehead atoms. The van der Waals surface area contributed by atoms with Crippen molar-refractivity contribution in [2.75, 3.05) is 50.7 Å². The first-order valence-corrected chi connectivity index (χ1v) is 12.6. The molecule has 6 heteroatoms. The lowest BCUT2D eigenvalue weighted by Crippen LogP contribution is -2.52. The number of nitrogens with zero attached hydrogens (tertiary/aromatic N) is 4. The minimum absolute atomic E-state index is 0.236. The molecule has 1 atom stereocenters. The van der Waals surface area contributed by atoms with Crippen molar-refractivity contribution in [2.24, 2.45) is 5.92 Å². The molecule has 1 aromatic carbocycles. The van der Waals surface area contributed by atoms with E-state index in [1.54, 1.807) is 0 Å².